The van der Waals surface area contributed by atoms with Gasteiger partial charge in [-0.3, -0.25) is 4.90 Å². The number of hydrogen-bond acceptors (Lipinski definition) is 3. The molecule has 0 saturated carbocycles. The lowest BCUT2D eigenvalue weighted by Gasteiger charge is -2.24. The highest BCUT2D eigenvalue weighted by Crippen LogP contribution is 2.23. The van der Waals surface area contributed by atoms with Crippen LogP contribution in [-0.2, 0) is 13.0 Å². The number of aryl methyl sites for hydroxylation is 1. The lowest BCUT2D eigenvalue weighted by atomic mass is 10.1. The Morgan fingerprint density at radius 2 is 2.05 bits per heavy atom. The summed E-state index contributed by atoms with van der Waals surface area (Å²) in [5.41, 5.74) is 1.78. The SMILES string of the molecule is CCc1nc(CN(C)C(C)c2ccc(F)c(F)c2)cs1. The molecule has 1 unspecified atom stereocenters. The van der Waals surface area contributed by atoms with Crippen LogP contribution in [0.15, 0.2) is 23.6 Å². The van der Waals surface area contributed by atoms with E-state index in [2.05, 4.69) is 16.8 Å². The molecule has 108 valence electrons. The van der Waals surface area contributed by atoms with Crippen LogP contribution in [0.1, 0.15) is 36.2 Å². The molecule has 0 fully saturated rings. The molecule has 0 radical (unpaired) electrons. The van der Waals surface area contributed by atoms with Gasteiger partial charge in [0.15, 0.2) is 11.6 Å². The van der Waals surface area contributed by atoms with E-state index in [1.165, 1.54) is 12.1 Å². The number of nitrogens with zero attached hydrogens (tertiary/aromatic N) is 2. The Kier molecular flexibility index (Phi) is 4.83. The molecule has 1 heterocycles. The Labute approximate surface area is 122 Å². The molecule has 0 spiro atoms. The van der Waals surface area contributed by atoms with Crippen molar-refractivity contribution in [1.29, 1.82) is 0 Å². The third-order valence-electron chi connectivity index (χ3n) is 3.40. The Morgan fingerprint density at radius 1 is 1.30 bits per heavy atom. The summed E-state index contributed by atoms with van der Waals surface area (Å²) in [7, 11) is 1.96. The van der Waals surface area contributed by atoms with Gasteiger partial charge >= 0.3 is 0 Å². The molecule has 0 N–H and O–H groups in total. The Balaban J connectivity index is 2.07. The first kappa shape index (κ1) is 15.1. The van der Waals surface area contributed by atoms with Gasteiger partial charge in [0.25, 0.3) is 0 Å². The van der Waals surface area contributed by atoms with Gasteiger partial charge in [0, 0.05) is 18.0 Å². The summed E-state index contributed by atoms with van der Waals surface area (Å²) in [5, 5.41) is 3.17. The number of hydrogen-bond donors (Lipinski definition) is 0. The van der Waals surface area contributed by atoms with Crippen LogP contribution in [0.5, 0.6) is 0 Å². The average molecular weight is 296 g/mol. The zero-order chi connectivity index (χ0) is 14.7. The van der Waals surface area contributed by atoms with Crippen molar-refractivity contribution in [3.8, 4) is 0 Å². The van der Waals surface area contributed by atoms with Gasteiger partial charge in [0.05, 0.1) is 10.7 Å². The molecule has 1 aromatic carbocycles. The molecule has 0 amide bonds. The van der Waals surface area contributed by atoms with E-state index in [-0.39, 0.29) is 6.04 Å². The molecule has 0 aliphatic heterocycles. The largest absolute Gasteiger partial charge is 0.294 e. The number of rotatable bonds is 5. The van der Waals surface area contributed by atoms with Gasteiger partial charge in [0.2, 0.25) is 0 Å². The highest BCUT2D eigenvalue weighted by Gasteiger charge is 2.15. The molecule has 1 atom stereocenters. The Bertz CT molecular complexity index is 583. The Morgan fingerprint density at radius 3 is 2.65 bits per heavy atom. The van der Waals surface area contributed by atoms with E-state index >= 15 is 0 Å². The minimum Gasteiger partial charge on any atom is -0.294 e. The minimum atomic E-state index is -0.810. The van der Waals surface area contributed by atoms with E-state index in [9.17, 15) is 8.78 Å². The van der Waals surface area contributed by atoms with Crippen LogP contribution in [0.4, 0.5) is 8.78 Å². The zero-order valence-electron chi connectivity index (χ0n) is 11.9. The highest BCUT2D eigenvalue weighted by molar-refractivity contribution is 7.09. The van der Waals surface area contributed by atoms with Crippen molar-refractivity contribution in [2.75, 3.05) is 7.05 Å². The van der Waals surface area contributed by atoms with E-state index in [1.807, 2.05) is 19.4 Å². The number of halogens is 2. The van der Waals surface area contributed by atoms with Gasteiger partial charge in [-0.2, -0.15) is 0 Å². The second-order valence-electron chi connectivity index (χ2n) is 4.85. The standard InChI is InChI=1S/C15H18F2N2S/c1-4-15-18-12(9-20-15)8-19(3)10(2)11-5-6-13(16)14(17)7-11/h5-7,9-10H,4,8H2,1-3H3. The van der Waals surface area contributed by atoms with E-state index < -0.39 is 11.6 Å². The average Bonchev–Trinajstić information content (AvgIpc) is 2.88. The summed E-state index contributed by atoms with van der Waals surface area (Å²) in [6.07, 6.45) is 0.938. The van der Waals surface area contributed by atoms with Crippen molar-refractivity contribution >= 4 is 11.3 Å². The molecular weight excluding hydrogens is 278 g/mol. The van der Waals surface area contributed by atoms with Gasteiger partial charge in [-0.05, 0) is 38.1 Å². The van der Waals surface area contributed by atoms with Crippen LogP contribution >= 0.6 is 11.3 Å². The summed E-state index contributed by atoms with van der Waals surface area (Å²) in [6.45, 7) is 4.74. The molecule has 0 saturated heterocycles. The Hall–Kier alpha value is -1.33. The molecule has 2 nitrogen and oxygen atoms in total. The number of benzene rings is 1. The normalized spacial score (nSPS) is 12.9. The van der Waals surface area contributed by atoms with E-state index in [4.69, 9.17) is 0 Å². The fraction of sp³-hybridized carbons (Fsp3) is 0.400. The first-order valence-electron chi connectivity index (χ1n) is 6.59. The second-order valence-corrected chi connectivity index (χ2v) is 5.79. The van der Waals surface area contributed by atoms with Crippen molar-refractivity contribution in [2.24, 2.45) is 0 Å². The number of aromatic nitrogens is 1. The van der Waals surface area contributed by atoms with Gasteiger partial charge in [-0.15, -0.1) is 11.3 Å². The third kappa shape index (κ3) is 3.41. The predicted octanol–water partition coefficient (Wildman–Crippen LogP) is 4.18. The topological polar surface area (TPSA) is 16.1 Å². The summed E-state index contributed by atoms with van der Waals surface area (Å²) in [6, 6.07) is 4.05. The van der Waals surface area contributed by atoms with Crippen molar-refractivity contribution in [2.45, 2.75) is 32.9 Å². The first-order valence-corrected chi connectivity index (χ1v) is 7.47. The summed E-state index contributed by atoms with van der Waals surface area (Å²) >= 11 is 1.66. The lowest BCUT2D eigenvalue weighted by Crippen LogP contribution is -2.22. The molecule has 5 heteroatoms. The molecule has 2 aromatic rings. The molecule has 20 heavy (non-hydrogen) atoms. The molecular formula is C15H18F2N2S. The monoisotopic (exact) mass is 296 g/mol. The van der Waals surface area contributed by atoms with Gasteiger partial charge in [-0.1, -0.05) is 13.0 Å². The van der Waals surface area contributed by atoms with E-state index in [1.54, 1.807) is 17.4 Å². The van der Waals surface area contributed by atoms with Gasteiger partial charge in [-0.25, -0.2) is 13.8 Å². The van der Waals surface area contributed by atoms with Crippen LogP contribution in [0.3, 0.4) is 0 Å². The van der Waals surface area contributed by atoms with Crippen molar-refractivity contribution in [1.82, 2.24) is 9.88 Å². The molecule has 0 aliphatic rings. The van der Waals surface area contributed by atoms with E-state index in [0.717, 1.165) is 22.7 Å². The predicted molar refractivity (Wildman–Crippen MR) is 77.7 cm³/mol. The van der Waals surface area contributed by atoms with Crippen molar-refractivity contribution in [3.05, 3.63) is 51.5 Å². The zero-order valence-corrected chi connectivity index (χ0v) is 12.7. The fourth-order valence-corrected chi connectivity index (χ4v) is 2.74. The maximum atomic E-state index is 13.3. The summed E-state index contributed by atoms with van der Waals surface area (Å²) < 4.78 is 26.2. The maximum Gasteiger partial charge on any atom is 0.159 e. The quantitative estimate of drug-likeness (QED) is 0.823. The maximum absolute atomic E-state index is 13.3. The van der Waals surface area contributed by atoms with Crippen LogP contribution in [0, 0.1) is 11.6 Å². The summed E-state index contributed by atoms with van der Waals surface area (Å²) in [5.74, 6) is -1.61. The van der Waals surface area contributed by atoms with Crippen LogP contribution in [-0.4, -0.2) is 16.9 Å². The van der Waals surface area contributed by atoms with Crippen molar-refractivity contribution < 1.29 is 8.78 Å². The fourth-order valence-electron chi connectivity index (χ4n) is 2.00. The van der Waals surface area contributed by atoms with E-state index in [0.29, 0.717) is 6.54 Å². The smallest absolute Gasteiger partial charge is 0.159 e. The molecule has 2 rings (SSSR count). The van der Waals surface area contributed by atoms with Crippen LogP contribution < -0.4 is 0 Å². The second kappa shape index (κ2) is 6.41. The number of thiazole rings is 1. The molecule has 1 aromatic heterocycles. The first-order chi connectivity index (χ1) is 9.51. The third-order valence-corrected chi connectivity index (χ3v) is 4.44. The van der Waals surface area contributed by atoms with Crippen LogP contribution in [0.25, 0.3) is 0 Å². The molecule has 0 aliphatic carbocycles. The van der Waals surface area contributed by atoms with Gasteiger partial charge in [0.1, 0.15) is 0 Å². The van der Waals surface area contributed by atoms with Gasteiger partial charge < -0.3 is 0 Å². The van der Waals surface area contributed by atoms with Crippen LogP contribution in [0.2, 0.25) is 0 Å². The highest BCUT2D eigenvalue weighted by atomic mass is 32.1. The summed E-state index contributed by atoms with van der Waals surface area (Å²) in [4.78, 5) is 6.59. The lowest BCUT2D eigenvalue weighted by molar-refractivity contribution is 0.249. The molecule has 0 bridgehead atoms. The van der Waals surface area contributed by atoms with Crippen molar-refractivity contribution in [3.63, 3.8) is 0 Å². The minimum absolute atomic E-state index is 0.00289.